The van der Waals surface area contributed by atoms with Gasteiger partial charge in [-0.1, -0.05) is 13.8 Å². The van der Waals surface area contributed by atoms with E-state index in [0.29, 0.717) is 0 Å². The lowest BCUT2D eigenvalue weighted by atomic mass is 10.4. The van der Waals surface area contributed by atoms with E-state index in [0.717, 1.165) is 6.04 Å². The van der Waals surface area contributed by atoms with E-state index < -0.39 is 0 Å². The molecule has 0 rings (SSSR count). The maximum atomic E-state index is 2.49. The van der Waals surface area contributed by atoms with E-state index in [4.69, 9.17) is 0 Å². The van der Waals surface area contributed by atoms with Crippen LogP contribution in [0, 0.1) is 0 Å². The summed E-state index contributed by atoms with van der Waals surface area (Å²) < 4.78 is 2.49. The number of rotatable bonds is 2. The molecule has 0 saturated carbocycles. The van der Waals surface area contributed by atoms with E-state index in [2.05, 4.69) is 25.5 Å². The molecule has 0 amide bonds. The van der Waals surface area contributed by atoms with Crippen LogP contribution in [0.2, 0.25) is 0 Å². The Hall–Kier alpha value is 0.394. The fraction of sp³-hybridized carbons (Fsp3) is 1.00. The lowest BCUT2D eigenvalue weighted by Gasteiger charge is -2.17. The van der Waals surface area contributed by atoms with E-state index in [9.17, 15) is 0 Å². The summed E-state index contributed by atoms with van der Waals surface area (Å²) >= 11 is 0. The molecule has 0 radical (unpaired) electrons. The van der Waals surface area contributed by atoms with E-state index in [1.165, 1.54) is 9.76 Å². The van der Waals surface area contributed by atoms with Crippen LogP contribution < -0.4 is 0 Å². The van der Waals surface area contributed by atoms with Crippen molar-refractivity contribution in [2.24, 2.45) is 0 Å². The van der Waals surface area contributed by atoms with E-state index in [1.54, 1.807) is 0 Å². The molecule has 1 nitrogen and oxygen atoms in total. The third-order valence-corrected chi connectivity index (χ3v) is 6.10. The van der Waals surface area contributed by atoms with Gasteiger partial charge in [0.25, 0.3) is 0 Å². The molecule has 3 heteroatoms. The first-order valence-corrected chi connectivity index (χ1v) is 9.17. The zero-order valence-corrected chi connectivity index (χ0v) is 9.15. The van der Waals surface area contributed by atoms with Crippen molar-refractivity contribution in [1.29, 1.82) is 0 Å². The van der Waals surface area contributed by atoms with Crippen LogP contribution in [0.1, 0.15) is 13.8 Å². The Morgan fingerprint density at radius 2 is 2.00 bits per heavy atom. The van der Waals surface area contributed by atoms with Crippen molar-refractivity contribution >= 4 is 19.0 Å². The maximum absolute atomic E-state index is 2.49. The molecule has 0 aromatic carbocycles. The molecule has 44 valence electrons. The molecule has 0 aromatic heterocycles. The summed E-state index contributed by atoms with van der Waals surface area (Å²) in [5.41, 5.74) is 0. The van der Waals surface area contributed by atoms with Gasteiger partial charge in [-0.15, -0.1) is 0 Å². The second kappa shape index (κ2) is 3.40. The molecule has 0 aliphatic rings. The largest absolute Gasteiger partial charge is 0.333 e. The highest BCUT2D eigenvalue weighted by molar-refractivity contribution is 6.87. The average Bonchev–Trinajstić information content (AvgIpc) is 1.65. The molecule has 0 saturated heterocycles. The first-order chi connectivity index (χ1) is 3.18. The van der Waals surface area contributed by atoms with Gasteiger partial charge < -0.3 is 4.57 Å². The molecule has 0 bridgehead atoms. The van der Waals surface area contributed by atoms with Gasteiger partial charge in [0.1, 0.15) is 0 Å². The van der Waals surface area contributed by atoms with Crippen LogP contribution in [-0.2, 0) is 0 Å². The fourth-order valence-electron chi connectivity index (χ4n) is 0.365. The second-order valence-corrected chi connectivity index (χ2v) is 5.69. The summed E-state index contributed by atoms with van der Waals surface area (Å²) in [5, 5.41) is 0. The first-order valence-electron chi connectivity index (χ1n) is 2.88. The van der Waals surface area contributed by atoms with Gasteiger partial charge in [-0.05, 0) is 13.1 Å². The Bertz CT molecular complexity index is 47.0. The molecule has 0 heterocycles. The van der Waals surface area contributed by atoms with Crippen LogP contribution in [0.4, 0.5) is 0 Å². The van der Waals surface area contributed by atoms with Crippen LogP contribution in [-0.4, -0.2) is 36.6 Å². The molecular formula is C4H15NSi2. The molecule has 0 spiro atoms. The smallest absolute Gasteiger partial charge is 0.0756 e. The Kier molecular flexibility index (Phi) is 3.59. The summed E-state index contributed by atoms with van der Waals surface area (Å²) in [6.45, 7) is 4.51. The summed E-state index contributed by atoms with van der Waals surface area (Å²) in [7, 11) is 3.92. The minimum Gasteiger partial charge on any atom is -0.333 e. The van der Waals surface area contributed by atoms with Crippen molar-refractivity contribution in [2.45, 2.75) is 19.9 Å². The van der Waals surface area contributed by atoms with Crippen molar-refractivity contribution in [3.63, 3.8) is 0 Å². The molecule has 7 heavy (non-hydrogen) atoms. The molecule has 0 fully saturated rings. The highest BCUT2D eigenvalue weighted by Gasteiger charge is 1.96. The van der Waals surface area contributed by atoms with Gasteiger partial charge in [-0.3, -0.25) is 0 Å². The monoisotopic (exact) mass is 133 g/mol. The summed E-state index contributed by atoms with van der Waals surface area (Å²) in [6, 6.07) is 0.796. The lowest BCUT2D eigenvalue weighted by molar-refractivity contribution is 0.448. The molecule has 0 N–H and O–H groups in total. The number of hydrogen-bond acceptors (Lipinski definition) is 1. The zero-order valence-electron chi connectivity index (χ0n) is 5.73. The lowest BCUT2D eigenvalue weighted by Crippen LogP contribution is -2.30. The van der Waals surface area contributed by atoms with Crippen LogP contribution in [0.5, 0.6) is 0 Å². The standard InChI is InChI=1S/C4H15NSi2/c1-4(2)5(3)7-6/h4H,7H2,1-3,6H3. The summed E-state index contributed by atoms with van der Waals surface area (Å²) in [5.74, 6) is 0. The van der Waals surface area contributed by atoms with Crippen molar-refractivity contribution in [3.05, 3.63) is 0 Å². The third-order valence-electron chi connectivity index (χ3n) is 1.38. The Balaban J connectivity index is 3.14. The third kappa shape index (κ3) is 3.02. The van der Waals surface area contributed by atoms with Gasteiger partial charge in [0, 0.05) is 9.76 Å². The zero-order chi connectivity index (χ0) is 5.86. The first kappa shape index (κ1) is 7.39. The van der Waals surface area contributed by atoms with Gasteiger partial charge in [0.15, 0.2) is 0 Å². The summed E-state index contributed by atoms with van der Waals surface area (Å²) in [6.07, 6.45) is 0. The van der Waals surface area contributed by atoms with E-state index in [-0.39, 0.29) is 9.20 Å². The Morgan fingerprint density at radius 3 is 2.00 bits per heavy atom. The fourth-order valence-corrected chi connectivity index (χ4v) is 3.29. The molecule has 0 aliphatic heterocycles. The van der Waals surface area contributed by atoms with Crippen LogP contribution in [0.25, 0.3) is 0 Å². The van der Waals surface area contributed by atoms with Gasteiger partial charge in [0.05, 0.1) is 9.20 Å². The quantitative estimate of drug-likeness (QED) is 0.423. The topological polar surface area (TPSA) is 3.24 Å². The Labute approximate surface area is 51.2 Å². The molecule has 0 atom stereocenters. The van der Waals surface area contributed by atoms with Crippen LogP contribution in [0.3, 0.4) is 0 Å². The Morgan fingerprint density at radius 1 is 1.57 bits per heavy atom. The summed E-state index contributed by atoms with van der Waals surface area (Å²) in [4.78, 5) is 0. The van der Waals surface area contributed by atoms with Gasteiger partial charge in [-0.25, -0.2) is 0 Å². The molecule has 0 unspecified atom stereocenters. The van der Waals surface area contributed by atoms with Crippen molar-refractivity contribution in [3.8, 4) is 0 Å². The number of nitrogens with zero attached hydrogens (tertiary/aromatic N) is 1. The van der Waals surface area contributed by atoms with Crippen molar-refractivity contribution in [2.75, 3.05) is 7.05 Å². The molecule has 0 aromatic rings. The van der Waals surface area contributed by atoms with Crippen molar-refractivity contribution < 1.29 is 0 Å². The van der Waals surface area contributed by atoms with Gasteiger partial charge >= 0.3 is 0 Å². The highest BCUT2D eigenvalue weighted by atomic mass is 29.1. The minimum atomic E-state index is 0.263. The predicted molar refractivity (Wildman–Crippen MR) is 41.4 cm³/mol. The van der Waals surface area contributed by atoms with Crippen LogP contribution in [0.15, 0.2) is 0 Å². The minimum absolute atomic E-state index is 0.263. The van der Waals surface area contributed by atoms with Gasteiger partial charge in [0.2, 0.25) is 0 Å². The molecular weight excluding hydrogens is 118 g/mol. The van der Waals surface area contributed by atoms with Crippen molar-refractivity contribution in [1.82, 2.24) is 4.57 Å². The van der Waals surface area contributed by atoms with E-state index in [1.807, 2.05) is 0 Å². The maximum Gasteiger partial charge on any atom is 0.0756 e. The average molecular weight is 133 g/mol. The number of hydrogen-bond donors (Lipinski definition) is 0. The predicted octanol–water partition coefficient (Wildman–Crippen LogP) is -1.31. The van der Waals surface area contributed by atoms with Crippen LogP contribution >= 0.6 is 0 Å². The highest BCUT2D eigenvalue weighted by Crippen LogP contribution is 1.86. The van der Waals surface area contributed by atoms with E-state index >= 15 is 0 Å². The normalized spacial score (nSPS) is 13.3. The van der Waals surface area contributed by atoms with Gasteiger partial charge in [-0.2, -0.15) is 0 Å². The molecule has 0 aliphatic carbocycles. The SMILES string of the molecule is CC(C)N(C)[SiH2][SiH3]. The second-order valence-electron chi connectivity index (χ2n) is 2.17.